The minimum atomic E-state index is 0.544. The second-order valence-electron chi connectivity index (χ2n) is 4.84. The lowest BCUT2D eigenvalue weighted by molar-refractivity contribution is 0.305. The molecule has 0 saturated carbocycles. The molecule has 0 saturated heterocycles. The van der Waals surface area contributed by atoms with Crippen LogP contribution in [0.3, 0.4) is 0 Å². The molecule has 0 aromatic heterocycles. The highest BCUT2D eigenvalue weighted by Crippen LogP contribution is 2.25. The first-order valence-corrected chi connectivity index (χ1v) is 6.97. The maximum atomic E-state index is 6.01. The maximum Gasteiger partial charge on any atom is 0.124 e. The van der Waals surface area contributed by atoms with E-state index in [2.05, 4.69) is 36.4 Å². The van der Waals surface area contributed by atoms with Crippen LogP contribution in [0, 0.1) is 6.92 Å². The number of fused-ring (bicyclic) bond motifs is 1. The molecule has 1 nitrogen and oxygen atoms in total. The van der Waals surface area contributed by atoms with E-state index in [0.717, 1.165) is 11.3 Å². The number of aryl methyl sites for hydroxylation is 1. The Kier molecular flexibility index (Phi) is 3.62. The van der Waals surface area contributed by atoms with Crippen molar-refractivity contribution in [2.75, 3.05) is 0 Å². The first kappa shape index (κ1) is 13.0. The Labute approximate surface area is 123 Å². The molecule has 3 aromatic rings. The number of hydrogen-bond donors (Lipinski definition) is 0. The third kappa shape index (κ3) is 2.63. The molecular weight excluding hydrogens is 268 g/mol. The summed E-state index contributed by atoms with van der Waals surface area (Å²) < 4.78 is 5.93. The summed E-state index contributed by atoms with van der Waals surface area (Å²) in [6, 6.07) is 20.3. The van der Waals surface area contributed by atoms with Gasteiger partial charge in [0, 0.05) is 5.02 Å². The molecule has 20 heavy (non-hydrogen) atoms. The van der Waals surface area contributed by atoms with Crippen LogP contribution >= 0.6 is 11.6 Å². The zero-order chi connectivity index (χ0) is 13.9. The maximum absolute atomic E-state index is 6.01. The molecule has 0 unspecified atom stereocenters. The van der Waals surface area contributed by atoms with Crippen LogP contribution in [0.4, 0.5) is 0 Å². The molecule has 3 aromatic carbocycles. The van der Waals surface area contributed by atoms with Crippen molar-refractivity contribution in [1.82, 2.24) is 0 Å². The summed E-state index contributed by atoms with van der Waals surface area (Å²) in [6.45, 7) is 2.57. The molecule has 0 aliphatic carbocycles. The van der Waals surface area contributed by atoms with Crippen LogP contribution in [-0.2, 0) is 6.61 Å². The molecule has 0 N–H and O–H groups in total. The van der Waals surface area contributed by atoms with Gasteiger partial charge < -0.3 is 4.74 Å². The standard InChI is InChI=1S/C18H15ClO/c1-13-9-10-16(19)11-18(13)20-12-15-7-4-6-14-5-2-3-8-17(14)15/h2-11H,12H2,1H3. The zero-order valence-electron chi connectivity index (χ0n) is 11.3. The van der Waals surface area contributed by atoms with Crippen molar-refractivity contribution in [2.24, 2.45) is 0 Å². The van der Waals surface area contributed by atoms with Crippen LogP contribution in [0.1, 0.15) is 11.1 Å². The molecule has 0 aliphatic rings. The van der Waals surface area contributed by atoms with Crippen LogP contribution in [-0.4, -0.2) is 0 Å². The van der Waals surface area contributed by atoms with Gasteiger partial charge in [0.1, 0.15) is 12.4 Å². The van der Waals surface area contributed by atoms with Crippen molar-refractivity contribution in [1.29, 1.82) is 0 Å². The van der Waals surface area contributed by atoms with Crippen molar-refractivity contribution in [2.45, 2.75) is 13.5 Å². The van der Waals surface area contributed by atoms with E-state index in [9.17, 15) is 0 Å². The van der Waals surface area contributed by atoms with Gasteiger partial charge in [-0.25, -0.2) is 0 Å². The number of benzene rings is 3. The minimum Gasteiger partial charge on any atom is -0.489 e. The zero-order valence-corrected chi connectivity index (χ0v) is 12.0. The summed E-state index contributed by atoms with van der Waals surface area (Å²) in [5.74, 6) is 0.838. The molecule has 0 radical (unpaired) electrons. The Morgan fingerprint density at radius 2 is 1.75 bits per heavy atom. The lowest BCUT2D eigenvalue weighted by Crippen LogP contribution is -1.97. The molecule has 100 valence electrons. The fraction of sp³-hybridized carbons (Fsp3) is 0.111. The average molecular weight is 283 g/mol. The van der Waals surface area contributed by atoms with Gasteiger partial charge in [0.05, 0.1) is 0 Å². The third-order valence-electron chi connectivity index (χ3n) is 3.41. The first-order chi connectivity index (χ1) is 9.74. The van der Waals surface area contributed by atoms with E-state index in [1.807, 2.05) is 31.2 Å². The van der Waals surface area contributed by atoms with Crippen LogP contribution in [0.25, 0.3) is 10.8 Å². The monoisotopic (exact) mass is 282 g/mol. The van der Waals surface area contributed by atoms with E-state index in [1.54, 1.807) is 0 Å². The highest BCUT2D eigenvalue weighted by atomic mass is 35.5. The normalized spacial score (nSPS) is 10.7. The second-order valence-corrected chi connectivity index (χ2v) is 5.27. The minimum absolute atomic E-state index is 0.544. The largest absolute Gasteiger partial charge is 0.489 e. The van der Waals surface area contributed by atoms with Gasteiger partial charge in [-0.05, 0) is 41.0 Å². The summed E-state index contributed by atoms with van der Waals surface area (Å²) >= 11 is 6.01. The van der Waals surface area contributed by atoms with E-state index >= 15 is 0 Å². The highest BCUT2D eigenvalue weighted by molar-refractivity contribution is 6.30. The van der Waals surface area contributed by atoms with Gasteiger partial charge >= 0.3 is 0 Å². The smallest absolute Gasteiger partial charge is 0.124 e. The van der Waals surface area contributed by atoms with E-state index in [0.29, 0.717) is 11.6 Å². The van der Waals surface area contributed by atoms with Gasteiger partial charge in [0.25, 0.3) is 0 Å². The third-order valence-corrected chi connectivity index (χ3v) is 3.65. The van der Waals surface area contributed by atoms with Gasteiger partial charge in [-0.1, -0.05) is 60.1 Å². The van der Waals surface area contributed by atoms with Crippen LogP contribution < -0.4 is 4.74 Å². The topological polar surface area (TPSA) is 9.23 Å². The number of ether oxygens (including phenoxy) is 1. The Balaban J connectivity index is 1.89. The number of halogens is 1. The second kappa shape index (κ2) is 5.56. The molecule has 3 rings (SSSR count). The molecule has 0 bridgehead atoms. The Morgan fingerprint density at radius 1 is 0.950 bits per heavy atom. The van der Waals surface area contributed by atoms with Crippen molar-refractivity contribution in [3.63, 3.8) is 0 Å². The Morgan fingerprint density at radius 3 is 2.65 bits per heavy atom. The van der Waals surface area contributed by atoms with Crippen LogP contribution in [0.2, 0.25) is 5.02 Å². The molecule has 0 aliphatic heterocycles. The number of hydrogen-bond acceptors (Lipinski definition) is 1. The summed E-state index contributed by atoms with van der Waals surface area (Å²) in [4.78, 5) is 0. The Bertz CT molecular complexity index is 744. The van der Waals surface area contributed by atoms with Gasteiger partial charge in [-0.15, -0.1) is 0 Å². The predicted octanol–water partition coefficient (Wildman–Crippen LogP) is 5.38. The molecule has 0 fully saturated rings. The van der Waals surface area contributed by atoms with Crippen molar-refractivity contribution in [3.05, 3.63) is 76.8 Å². The molecular formula is C18H15ClO. The Hall–Kier alpha value is -1.99. The fourth-order valence-electron chi connectivity index (χ4n) is 2.30. The molecule has 0 amide bonds. The van der Waals surface area contributed by atoms with Gasteiger partial charge in [-0.3, -0.25) is 0 Å². The van der Waals surface area contributed by atoms with Crippen LogP contribution in [0.5, 0.6) is 5.75 Å². The van der Waals surface area contributed by atoms with Crippen molar-refractivity contribution in [3.8, 4) is 5.75 Å². The molecule has 2 heteroatoms. The van der Waals surface area contributed by atoms with Crippen molar-refractivity contribution < 1.29 is 4.74 Å². The van der Waals surface area contributed by atoms with E-state index in [4.69, 9.17) is 16.3 Å². The van der Waals surface area contributed by atoms with Gasteiger partial charge in [0.2, 0.25) is 0 Å². The van der Waals surface area contributed by atoms with Crippen LogP contribution in [0.15, 0.2) is 60.7 Å². The van der Waals surface area contributed by atoms with Gasteiger partial charge in [0.15, 0.2) is 0 Å². The van der Waals surface area contributed by atoms with Crippen molar-refractivity contribution >= 4 is 22.4 Å². The quantitative estimate of drug-likeness (QED) is 0.626. The first-order valence-electron chi connectivity index (χ1n) is 6.59. The summed E-state index contributed by atoms with van der Waals surface area (Å²) in [6.07, 6.45) is 0. The number of rotatable bonds is 3. The lowest BCUT2D eigenvalue weighted by Gasteiger charge is -2.11. The molecule has 0 atom stereocenters. The van der Waals surface area contributed by atoms with E-state index in [-0.39, 0.29) is 0 Å². The van der Waals surface area contributed by atoms with E-state index in [1.165, 1.54) is 16.3 Å². The molecule has 0 heterocycles. The average Bonchev–Trinajstić information content (AvgIpc) is 2.48. The lowest BCUT2D eigenvalue weighted by atomic mass is 10.1. The molecule has 0 spiro atoms. The van der Waals surface area contributed by atoms with E-state index < -0.39 is 0 Å². The highest BCUT2D eigenvalue weighted by Gasteiger charge is 2.04. The summed E-state index contributed by atoms with van der Waals surface area (Å²) in [5, 5.41) is 3.16. The summed E-state index contributed by atoms with van der Waals surface area (Å²) in [7, 11) is 0. The summed E-state index contributed by atoms with van der Waals surface area (Å²) in [5.41, 5.74) is 2.28. The fourth-order valence-corrected chi connectivity index (χ4v) is 2.47. The SMILES string of the molecule is Cc1ccc(Cl)cc1OCc1cccc2ccccc12. The van der Waals surface area contributed by atoms with Gasteiger partial charge in [-0.2, -0.15) is 0 Å². The predicted molar refractivity (Wildman–Crippen MR) is 84.5 cm³/mol.